The molecule has 11 heteroatoms. The first-order valence-electron chi connectivity index (χ1n) is 16.9. The third-order valence-corrected chi connectivity index (χ3v) is 11.0. The minimum absolute atomic E-state index is 0.0502. The molecule has 0 bridgehead atoms. The van der Waals surface area contributed by atoms with Crippen molar-refractivity contribution in [1.82, 2.24) is 24.7 Å². The van der Waals surface area contributed by atoms with E-state index in [0.717, 1.165) is 78.9 Å². The molecule has 250 valence electrons. The van der Waals surface area contributed by atoms with E-state index < -0.39 is 5.82 Å². The van der Waals surface area contributed by atoms with Crippen LogP contribution in [0.2, 0.25) is 5.02 Å². The van der Waals surface area contributed by atoms with Crippen LogP contribution < -0.4 is 14.5 Å². The number of hydrogen-bond donors (Lipinski definition) is 0. The van der Waals surface area contributed by atoms with Gasteiger partial charge in [0.15, 0.2) is 0 Å². The second-order valence-corrected chi connectivity index (χ2v) is 14.3. The van der Waals surface area contributed by atoms with Crippen LogP contribution >= 0.6 is 11.6 Å². The fourth-order valence-corrected chi connectivity index (χ4v) is 8.33. The van der Waals surface area contributed by atoms with E-state index in [1.54, 1.807) is 12.1 Å². The maximum Gasteiger partial charge on any atom is 0.318 e. The molecule has 1 amide bonds. The van der Waals surface area contributed by atoms with Crippen LogP contribution in [0.5, 0.6) is 6.01 Å². The first-order chi connectivity index (χ1) is 22.7. The van der Waals surface area contributed by atoms with Gasteiger partial charge in [-0.3, -0.25) is 9.69 Å². The van der Waals surface area contributed by atoms with Crippen LogP contribution in [0.4, 0.5) is 15.9 Å². The van der Waals surface area contributed by atoms with Crippen molar-refractivity contribution in [2.24, 2.45) is 0 Å². The van der Waals surface area contributed by atoms with Gasteiger partial charge in [0.2, 0.25) is 5.91 Å². The van der Waals surface area contributed by atoms with Gasteiger partial charge >= 0.3 is 6.01 Å². The number of hydrogen-bond acceptors (Lipinski definition) is 8. The molecule has 0 radical (unpaired) electrons. The summed E-state index contributed by atoms with van der Waals surface area (Å²) in [5.74, 6) is 0.506. The molecule has 1 atom stereocenters. The molecule has 7 rings (SSSR count). The van der Waals surface area contributed by atoms with Crippen LogP contribution in [-0.4, -0.2) is 109 Å². The molecule has 4 aliphatic rings. The van der Waals surface area contributed by atoms with Gasteiger partial charge in [0, 0.05) is 62.0 Å². The smallest absolute Gasteiger partial charge is 0.318 e. The number of likely N-dealkylation sites (N-methyl/N-ethyl adjacent to an activating group) is 2. The second-order valence-electron chi connectivity index (χ2n) is 13.9. The lowest BCUT2D eigenvalue weighted by Crippen LogP contribution is -2.44. The first-order valence-corrected chi connectivity index (χ1v) is 17.3. The quantitative estimate of drug-likeness (QED) is 0.292. The van der Waals surface area contributed by atoms with Crippen molar-refractivity contribution in [3.05, 3.63) is 64.6 Å². The standard InChI is InChI=1S/C36H45ClFN7O2/c1-41(2)17-5-10-31(46)44-20-13-26(22-44)42(3)34-27-14-21-43(30-9-4-8-25-11-12-28(38)33(37)32(25)30)23-29(27)39-35(40-34)47-24-36-15-6-18-45(36)19-7-16-36/h4-5,8-12,26H,6-7,13-24H2,1-3H3/b10-5+/t26-/m1/s1. The lowest BCUT2D eigenvalue weighted by atomic mass is 9.95. The van der Waals surface area contributed by atoms with Crippen LogP contribution in [0.3, 0.4) is 0 Å². The Morgan fingerprint density at radius 3 is 2.70 bits per heavy atom. The lowest BCUT2D eigenvalue weighted by molar-refractivity contribution is -0.125. The zero-order valence-electron chi connectivity index (χ0n) is 27.7. The number of likely N-dealkylation sites (tertiary alicyclic amines) is 1. The summed E-state index contributed by atoms with van der Waals surface area (Å²) in [5, 5.41) is 1.77. The summed E-state index contributed by atoms with van der Waals surface area (Å²) in [6.07, 6.45) is 9.89. The summed E-state index contributed by atoms with van der Waals surface area (Å²) in [5.41, 5.74) is 2.99. The van der Waals surface area contributed by atoms with Crippen molar-refractivity contribution >= 4 is 39.8 Å². The Kier molecular flexibility index (Phi) is 9.02. The normalized spacial score (nSPS) is 20.9. The number of benzene rings is 2. The Bertz CT molecular complexity index is 1670. The summed E-state index contributed by atoms with van der Waals surface area (Å²) >= 11 is 6.55. The van der Waals surface area contributed by atoms with E-state index in [0.29, 0.717) is 38.8 Å². The molecule has 0 unspecified atom stereocenters. The van der Waals surface area contributed by atoms with E-state index in [-0.39, 0.29) is 22.5 Å². The summed E-state index contributed by atoms with van der Waals surface area (Å²) in [7, 11) is 6.06. The van der Waals surface area contributed by atoms with E-state index in [9.17, 15) is 9.18 Å². The van der Waals surface area contributed by atoms with Gasteiger partial charge < -0.3 is 24.3 Å². The van der Waals surface area contributed by atoms with E-state index in [4.69, 9.17) is 26.3 Å². The SMILES string of the molecule is CN(C)C/C=C/C(=O)N1CC[C@@H](N(C)c2nc(OCC34CCCN3CCC4)nc3c2CCN(c2cccc4ccc(F)c(Cl)c24)C3)C1. The largest absolute Gasteiger partial charge is 0.461 e. The van der Waals surface area contributed by atoms with Crippen LogP contribution in [0.15, 0.2) is 42.5 Å². The molecule has 4 aliphatic heterocycles. The monoisotopic (exact) mass is 661 g/mol. The van der Waals surface area contributed by atoms with Gasteiger partial charge in [-0.05, 0) is 83.2 Å². The van der Waals surface area contributed by atoms with E-state index in [1.807, 2.05) is 48.2 Å². The van der Waals surface area contributed by atoms with Crippen LogP contribution in [0.25, 0.3) is 10.8 Å². The van der Waals surface area contributed by atoms with Gasteiger partial charge in [-0.25, -0.2) is 4.39 Å². The van der Waals surface area contributed by atoms with Gasteiger partial charge in [-0.15, -0.1) is 0 Å². The number of aromatic nitrogens is 2. The highest BCUT2D eigenvalue weighted by Gasteiger charge is 2.45. The predicted molar refractivity (Wildman–Crippen MR) is 185 cm³/mol. The van der Waals surface area contributed by atoms with Gasteiger partial charge in [-0.1, -0.05) is 35.9 Å². The number of ether oxygens (including phenoxy) is 1. The Morgan fingerprint density at radius 2 is 1.91 bits per heavy atom. The van der Waals surface area contributed by atoms with Crippen molar-refractivity contribution < 1.29 is 13.9 Å². The van der Waals surface area contributed by atoms with E-state index in [1.165, 1.54) is 18.9 Å². The number of carbonyl (C=O) groups is 1. The van der Waals surface area contributed by atoms with Gasteiger partial charge in [-0.2, -0.15) is 9.97 Å². The number of amides is 1. The van der Waals surface area contributed by atoms with E-state index >= 15 is 0 Å². The Hall–Kier alpha value is -3.47. The molecule has 2 aromatic carbocycles. The zero-order chi connectivity index (χ0) is 32.7. The topological polar surface area (TPSA) is 68.3 Å². The molecule has 5 heterocycles. The molecule has 1 aromatic heterocycles. The third kappa shape index (κ3) is 6.27. The Labute approximate surface area is 281 Å². The molecule has 0 N–H and O–H groups in total. The molecule has 3 fully saturated rings. The molecule has 3 saturated heterocycles. The molecule has 0 spiro atoms. The lowest BCUT2D eigenvalue weighted by Gasteiger charge is -2.35. The van der Waals surface area contributed by atoms with E-state index in [2.05, 4.69) is 21.7 Å². The van der Waals surface area contributed by atoms with Gasteiger partial charge in [0.05, 0.1) is 22.8 Å². The fourth-order valence-electron chi connectivity index (χ4n) is 8.07. The Morgan fingerprint density at radius 1 is 1.11 bits per heavy atom. The summed E-state index contributed by atoms with van der Waals surface area (Å²) in [4.78, 5) is 34.1. The zero-order valence-corrected chi connectivity index (χ0v) is 28.5. The minimum atomic E-state index is -0.421. The minimum Gasteiger partial charge on any atom is -0.461 e. The second kappa shape index (κ2) is 13.2. The number of nitrogens with zero attached hydrogens (tertiary/aromatic N) is 7. The maximum atomic E-state index is 14.6. The number of halogens is 2. The third-order valence-electron chi connectivity index (χ3n) is 10.6. The summed E-state index contributed by atoms with van der Waals surface area (Å²) < 4.78 is 21.2. The number of fused-ring (bicyclic) bond motifs is 3. The van der Waals surface area contributed by atoms with Crippen molar-refractivity contribution in [2.75, 3.05) is 76.8 Å². The van der Waals surface area contributed by atoms with Crippen LogP contribution in [0.1, 0.15) is 43.4 Å². The van der Waals surface area contributed by atoms with Crippen LogP contribution in [0, 0.1) is 5.82 Å². The number of rotatable bonds is 9. The molecule has 0 saturated carbocycles. The number of carbonyl (C=O) groups excluding carboxylic acids is 1. The molecular weight excluding hydrogens is 617 g/mol. The Balaban J connectivity index is 1.18. The van der Waals surface area contributed by atoms with Crippen molar-refractivity contribution in [1.29, 1.82) is 0 Å². The van der Waals surface area contributed by atoms with Crippen LogP contribution in [-0.2, 0) is 17.8 Å². The average molecular weight is 662 g/mol. The van der Waals surface area contributed by atoms with Crippen molar-refractivity contribution in [3.8, 4) is 6.01 Å². The highest BCUT2D eigenvalue weighted by atomic mass is 35.5. The predicted octanol–water partition coefficient (Wildman–Crippen LogP) is 5.15. The summed E-state index contributed by atoms with van der Waals surface area (Å²) in [6, 6.07) is 9.70. The highest BCUT2D eigenvalue weighted by molar-refractivity contribution is 6.36. The molecule has 9 nitrogen and oxygen atoms in total. The first kappa shape index (κ1) is 32.1. The number of anilines is 2. The average Bonchev–Trinajstić information content (AvgIpc) is 3.81. The fraction of sp³-hybridized carbons (Fsp3) is 0.528. The molecule has 3 aromatic rings. The van der Waals surface area contributed by atoms with Crippen molar-refractivity contribution in [3.63, 3.8) is 0 Å². The van der Waals surface area contributed by atoms with Gasteiger partial charge in [0.1, 0.15) is 18.2 Å². The molecule has 0 aliphatic carbocycles. The van der Waals surface area contributed by atoms with Gasteiger partial charge in [0.25, 0.3) is 0 Å². The molecule has 47 heavy (non-hydrogen) atoms. The maximum absolute atomic E-state index is 14.6. The summed E-state index contributed by atoms with van der Waals surface area (Å²) in [6.45, 7) is 6.18. The highest BCUT2D eigenvalue weighted by Crippen LogP contribution is 2.41. The molecular formula is C36H45ClFN7O2. The van der Waals surface area contributed by atoms with Crippen molar-refractivity contribution in [2.45, 2.75) is 56.7 Å².